The predicted octanol–water partition coefficient (Wildman–Crippen LogP) is 1.75. The van der Waals surface area contributed by atoms with Crippen molar-refractivity contribution in [3.05, 3.63) is 46.8 Å². The van der Waals surface area contributed by atoms with Crippen LogP contribution < -0.4 is 11.1 Å². The Morgan fingerprint density at radius 2 is 1.95 bits per heavy atom. The third kappa shape index (κ3) is 2.66. The number of aryl methyl sites for hydroxylation is 2. The molecule has 0 fully saturated rings. The number of carbonyl (C=O) groups excluding carboxylic acids is 1. The molecule has 2 aromatic rings. The Hall–Kier alpha value is -2.14. The van der Waals surface area contributed by atoms with Crippen molar-refractivity contribution in [1.29, 1.82) is 0 Å². The molecule has 0 spiro atoms. The number of nitrogens with one attached hydrogen (secondary N) is 1. The molecule has 3 N–H and O–H groups in total. The van der Waals surface area contributed by atoms with Gasteiger partial charge >= 0.3 is 0 Å². The topological polar surface area (TPSA) is 72.9 Å². The van der Waals surface area contributed by atoms with E-state index in [0.717, 1.165) is 22.6 Å². The Bertz CT molecular complexity index is 599. The lowest BCUT2D eigenvalue weighted by Gasteiger charge is -2.06. The third-order valence-electron chi connectivity index (χ3n) is 3.20. The van der Waals surface area contributed by atoms with Gasteiger partial charge in [-0.05, 0) is 31.5 Å². The second-order valence-electron chi connectivity index (χ2n) is 4.52. The van der Waals surface area contributed by atoms with Crippen molar-refractivity contribution in [2.75, 3.05) is 5.32 Å². The molecule has 0 aliphatic heterocycles. The first-order valence-electron chi connectivity index (χ1n) is 6.13. The molecule has 1 aromatic heterocycles. The summed E-state index contributed by atoms with van der Waals surface area (Å²) in [6.07, 6.45) is 0. The van der Waals surface area contributed by atoms with Gasteiger partial charge in [-0.2, -0.15) is 5.10 Å². The van der Waals surface area contributed by atoms with E-state index >= 15 is 0 Å². The van der Waals surface area contributed by atoms with E-state index in [2.05, 4.69) is 10.4 Å². The molecule has 5 nitrogen and oxygen atoms in total. The van der Waals surface area contributed by atoms with Crippen LogP contribution in [0.5, 0.6) is 0 Å². The fourth-order valence-corrected chi connectivity index (χ4v) is 1.93. The number of aromatic nitrogens is 2. The van der Waals surface area contributed by atoms with Crippen molar-refractivity contribution in [3.8, 4) is 0 Å². The normalized spacial score (nSPS) is 10.5. The maximum atomic E-state index is 12.1. The van der Waals surface area contributed by atoms with E-state index in [0.29, 0.717) is 12.1 Å². The van der Waals surface area contributed by atoms with Crippen molar-refractivity contribution in [3.63, 3.8) is 0 Å². The molecule has 19 heavy (non-hydrogen) atoms. The van der Waals surface area contributed by atoms with E-state index in [9.17, 15) is 4.79 Å². The van der Waals surface area contributed by atoms with E-state index in [1.165, 1.54) is 0 Å². The Labute approximate surface area is 112 Å². The van der Waals surface area contributed by atoms with E-state index in [4.69, 9.17) is 5.73 Å². The van der Waals surface area contributed by atoms with Crippen molar-refractivity contribution in [2.45, 2.75) is 20.4 Å². The highest BCUT2D eigenvalue weighted by atomic mass is 16.1. The van der Waals surface area contributed by atoms with E-state index in [1.807, 2.05) is 33.0 Å². The van der Waals surface area contributed by atoms with Gasteiger partial charge in [-0.3, -0.25) is 9.48 Å². The zero-order chi connectivity index (χ0) is 14.0. The molecule has 0 saturated heterocycles. The minimum atomic E-state index is -0.136. The molecule has 5 heteroatoms. The van der Waals surface area contributed by atoms with Gasteiger partial charge in [0.25, 0.3) is 5.91 Å². The Balaban J connectivity index is 2.20. The van der Waals surface area contributed by atoms with Crippen LogP contribution in [0.2, 0.25) is 0 Å². The SMILES string of the molecule is Cc1nn(C)c(C)c1NC(=O)c1ccc(CN)cc1. The quantitative estimate of drug-likeness (QED) is 0.881. The number of anilines is 1. The fraction of sp³-hybridized carbons (Fsp3) is 0.286. The number of rotatable bonds is 3. The van der Waals surface area contributed by atoms with Gasteiger partial charge in [0.2, 0.25) is 0 Å². The highest BCUT2D eigenvalue weighted by Gasteiger charge is 2.13. The molecule has 100 valence electrons. The maximum Gasteiger partial charge on any atom is 0.255 e. The minimum Gasteiger partial charge on any atom is -0.326 e. The van der Waals surface area contributed by atoms with Crippen molar-refractivity contribution in [1.82, 2.24) is 9.78 Å². The second-order valence-corrected chi connectivity index (χ2v) is 4.52. The summed E-state index contributed by atoms with van der Waals surface area (Å²) in [6.45, 7) is 4.27. The molecular formula is C14H18N4O. The van der Waals surface area contributed by atoms with Gasteiger partial charge in [0, 0.05) is 19.2 Å². The molecule has 0 bridgehead atoms. The largest absolute Gasteiger partial charge is 0.326 e. The average molecular weight is 258 g/mol. The molecule has 0 aliphatic rings. The Kier molecular flexibility index (Phi) is 3.66. The number of carbonyl (C=O) groups is 1. The van der Waals surface area contributed by atoms with Crippen LogP contribution in [0.4, 0.5) is 5.69 Å². The summed E-state index contributed by atoms with van der Waals surface area (Å²) in [5.41, 5.74) is 9.67. The van der Waals surface area contributed by atoms with Crippen LogP contribution in [0.3, 0.4) is 0 Å². The number of amides is 1. The monoisotopic (exact) mass is 258 g/mol. The Morgan fingerprint density at radius 3 is 2.42 bits per heavy atom. The van der Waals surface area contributed by atoms with Gasteiger partial charge in [0.1, 0.15) is 0 Å². The van der Waals surface area contributed by atoms with Gasteiger partial charge in [-0.1, -0.05) is 12.1 Å². The van der Waals surface area contributed by atoms with Gasteiger partial charge in [0.15, 0.2) is 0 Å². The lowest BCUT2D eigenvalue weighted by atomic mass is 10.1. The standard InChI is InChI=1S/C14H18N4O/c1-9-13(10(2)18(3)17-9)16-14(19)12-6-4-11(8-15)5-7-12/h4-7H,8,15H2,1-3H3,(H,16,19). The number of hydrogen-bond acceptors (Lipinski definition) is 3. The number of nitrogens with zero attached hydrogens (tertiary/aromatic N) is 2. The summed E-state index contributed by atoms with van der Waals surface area (Å²) in [5, 5.41) is 7.17. The molecule has 0 radical (unpaired) electrons. The Morgan fingerprint density at radius 1 is 1.32 bits per heavy atom. The summed E-state index contributed by atoms with van der Waals surface area (Å²) in [5.74, 6) is -0.136. The van der Waals surface area contributed by atoms with Crippen LogP contribution >= 0.6 is 0 Å². The van der Waals surface area contributed by atoms with Crippen LogP contribution in [0.1, 0.15) is 27.3 Å². The summed E-state index contributed by atoms with van der Waals surface area (Å²) in [4.78, 5) is 12.1. The molecular weight excluding hydrogens is 240 g/mol. The molecule has 1 aromatic carbocycles. The number of nitrogens with two attached hydrogens (primary N) is 1. The molecule has 0 aliphatic carbocycles. The summed E-state index contributed by atoms with van der Waals surface area (Å²) in [7, 11) is 1.86. The first-order valence-corrected chi connectivity index (χ1v) is 6.13. The van der Waals surface area contributed by atoms with E-state index in [-0.39, 0.29) is 5.91 Å². The zero-order valence-corrected chi connectivity index (χ0v) is 11.4. The smallest absolute Gasteiger partial charge is 0.255 e. The lowest BCUT2D eigenvalue weighted by molar-refractivity contribution is 0.102. The van der Waals surface area contributed by atoms with Crippen molar-refractivity contribution >= 4 is 11.6 Å². The molecule has 1 heterocycles. The number of benzene rings is 1. The first kappa shape index (κ1) is 13.3. The van der Waals surface area contributed by atoms with Gasteiger partial charge < -0.3 is 11.1 Å². The summed E-state index contributed by atoms with van der Waals surface area (Å²) in [6, 6.07) is 7.27. The fourth-order valence-electron chi connectivity index (χ4n) is 1.93. The molecule has 0 atom stereocenters. The predicted molar refractivity (Wildman–Crippen MR) is 75.0 cm³/mol. The summed E-state index contributed by atoms with van der Waals surface area (Å²) >= 11 is 0. The molecule has 1 amide bonds. The molecule has 2 rings (SSSR count). The van der Waals surface area contributed by atoms with Crippen LogP contribution in [-0.4, -0.2) is 15.7 Å². The van der Waals surface area contributed by atoms with Crippen molar-refractivity contribution < 1.29 is 4.79 Å². The molecule has 0 saturated carbocycles. The highest BCUT2D eigenvalue weighted by Crippen LogP contribution is 2.19. The second kappa shape index (κ2) is 5.24. The summed E-state index contributed by atoms with van der Waals surface area (Å²) < 4.78 is 1.75. The zero-order valence-electron chi connectivity index (χ0n) is 11.4. The lowest BCUT2D eigenvalue weighted by Crippen LogP contribution is -2.13. The first-order chi connectivity index (χ1) is 9.02. The minimum absolute atomic E-state index is 0.136. The van der Waals surface area contributed by atoms with Crippen LogP contribution in [-0.2, 0) is 13.6 Å². The average Bonchev–Trinajstić information content (AvgIpc) is 2.65. The van der Waals surface area contributed by atoms with Crippen molar-refractivity contribution in [2.24, 2.45) is 12.8 Å². The van der Waals surface area contributed by atoms with E-state index in [1.54, 1.807) is 16.8 Å². The van der Waals surface area contributed by atoms with Crippen LogP contribution in [0.15, 0.2) is 24.3 Å². The van der Waals surface area contributed by atoms with E-state index < -0.39 is 0 Å². The number of hydrogen-bond donors (Lipinski definition) is 2. The molecule has 0 unspecified atom stereocenters. The van der Waals surface area contributed by atoms with Gasteiger partial charge in [-0.25, -0.2) is 0 Å². The van der Waals surface area contributed by atoms with Gasteiger partial charge in [0.05, 0.1) is 17.1 Å². The van der Waals surface area contributed by atoms with Crippen LogP contribution in [0, 0.1) is 13.8 Å². The maximum absolute atomic E-state index is 12.1. The van der Waals surface area contributed by atoms with Crippen LogP contribution in [0.25, 0.3) is 0 Å². The van der Waals surface area contributed by atoms with Gasteiger partial charge in [-0.15, -0.1) is 0 Å². The highest BCUT2D eigenvalue weighted by molar-refractivity contribution is 6.04. The third-order valence-corrected chi connectivity index (χ3v) is 3.20.